The second-order valence-corrected chi connectivity index (χ2v) is 6.65. The van der Waals surface area contributed by atoms with E-state index in [1.165, 1.54) is 11.3 Å². The molecule has 20 heavy (non-hydrogen) atoms. The van der Waals surface area contributed by atoms with Crippen LogP contribution in [0.15, 0.2) is 18.2 Å². The van der Waals surface area contributed by atoms with Gasteiger partial charge in [-0.15, -0.1) is 0 Å². The molecule has 0 spiro atoms. The van der Waals surface area contributed by atoms with E-state index in [1.807, 2.05) is 0 Å². The van der Waals surface area contributed by atoms with E-state index in [2.05, 4.69) is 49.2 Å². The highest BCUT2D eigenvalue weighted by atomic mass is 16.5. The van der Waals surface area contributed by atoms with Crippen molar-refractivity contribution in [3.8, 4) is 5.75 Å². The molecule has 3 heteroatoms. The van der Waals surface area contributed by atoms with Crippen molar-refractivity contribution < 1.29 is 4.74 Å². The summed E-state index contributed by atoms with van der Waals surface area (Å²) in [6.07, 6.45) is 3.33. The number of nitrogens with one attached hydrogen (secondary N) is 1. The Morgan fingerprint density at radius 1 is 1.25 bits per heavy atom. The van der Waals surface area contributed by atoms with Crippen molar-refractivity contribution >= 4 is 5.69 Å². The van der Waals surface area contributed by atoms with E-state index in [0.717, 1.165) is 44.6 Å². The highest BCUT2D eigenvalue weighted by Crippen LogP contribution is 2.37. The molecule has 1 N–H and O–H groups in total. The molecule has 2 heterocycles. The lowest BCUT2D eigenvalue weighted by atomic mass is 9.92. The van der Waals surface area contributed by atoms with Crippen molar-refractivity contribution in [2.45, 2.75) is 51.7 Å². The molecule has 1 fully saturated rings. The highest BCUT2D eigenvalue weighted by Gasteiger charge is 2.33. The summed E-state index contributed by atoms with van der Waals surface area (Å²) in [4.78, 5) is 2.54. The van der Waals surface area contributed by atoms with E-state index in [4.69, 9.17) is 4.74 Å². The first-order valence-corrected chi connectivity index (χ1v) is 7.86. The summed E-state index contributed by atoms with van der Waals surface area (Å²) in [5, 5.41) is 3.47. The Bertz CT molecular complexity index is 476. The van der Waals surface area contributed by atoms with Crippen LogP contribution in [-0.2, 0) is 6.42 Å². The Morgan fingerprint density at radius 2 is 2.00 bits per heavy atom. The van der Waals surface area contributed by atoms with Gasteiger partial charge in [0.15, 0.2) is 0 Å². The minimum absolute atomic E-state index is 0.0230. The minimum Gasteiger partial charge on any atom is -0.485 e. The van der Waals surface area contributed by atoms with Crippen molar-refractivity contribution in [3.63, 3.8) is 0 Å². The average Bonchev–Trinajstić information content (AvgIpc) is 2.88. The summed E-state index contributed by atoms with van der Waals surface area (Å²) in [5.74, 6) is 1.04. The predicted molar refractivity (Wildman–Crippen MR) is 83.6 cm³/mol. The maximum atomic E-state index is 6.42. The molecule has 0 aliphatic carbocycles. The molecule has 0 amide bonds. The number of anilines is 1. The molecular weight excluding hydrogens is 248 g/mol. The fourth-order valence-corrected chi connectivity index (χ4v) is 3.27. The zero-order valence-electron chi connectivity index (χ0n) is 12.9. The summed E-state index contributed by atoms with van der Waals surface area (Å²) in [6.45, 7) is 10.1. The average molecular weight is 274 g/mol. The second kappa shape index (κ2) is 5.28. The third-order valence-electron chi connectivity index (χ3n) is 4.75. The van der Waals surface area contributed by atoms with Crippen LogP contribution in [0.4, 0.5) is 5.69 Å². The zero-order valence-corrected chi connectivity index (χ0v) is 12.9. The molecule has 0 saturated carbocycles. The lowest BCUT2D eigenvalue weighted by Gasteiger charge is -2.41. The Labute approximate surface area is 122 Å². The maximum absolute atomic E-state index is 6.42. The molecule has 0 radical (unpaired) electrons. The van der Waals surface area contributed by atoms with Gasteiger partial charge in [0.1, 0.15) is 11.4 Å². The van der Waals surface area contributed by atoms with Crippen molar-refractivity contribution in [2.24, 2.45) is 0 Å². The molecule has 1 aromatic rings. The van der Waals surface area contributed by atoms with Crippen LogP contribution >= 0.6 is 0 Å². The van der Waals surface area contributed by atoms with E-state index in [-0.39, 0.29) is 5.60 Å². The summed E-state index contributed by atoms with van der Waals surface area (Å²) >= 11 is 0. The summed E-state index contributed by atoms with van der Waals surface area (Å²) in [5.41, 5.74) is 2.59. The predicted octanol–water partition coefficient (Wildman–Crippen LogP) is 3.30. The summed E-state index contributed by atoms with van der Waals surface area (Å²) in [6, 6.07) is 7.07. The van der Waals surface area contributed by atoms with E-state index >= 15 is 0 Å². The number of piperidine rings is 1. The fourth-order valence-electron chi connectivity index (χ4n) is 3.27. The lowest BCUT2D eigenvalue weighted by molar-refractivity contribution is 0.00850. The van der Waals surface area contributed by atoms with Gasteiger partial charge in [-0.3, -0.25) is 0 Å². The normalized spacial score (nSPS) is 21.6. The van der Waals surface area contributed by atoms with E-state index < -0.39 is 0 Å². The van der Waals surface area contributed by atoms with E-state index in [1.54, 1.807) is 0 Å². The smallest absolute Gasteiger partial charge is 0.143 e. The van der Waals surface area contributed by atoms with Crippen LogP contribution in [0.2, 0.25) is 0 Å². The number of hydrogen-bond acceptors (Lipinski definition) is 3. The molecule has 0 bridgehead atoms. The molecule has 110 valence electrons. The van der Waals surface area contributed by atoms with Gasteiger partial charge in [-0.1, -0.05) is 12.1 Å². The van der Waals surface area contributed by atoms with Crippen LogP contribution in [0.3, 0.4) is 0 Å². The van der Waals surface area contributed by atoms with Gasteiger partial charge < -0.3 is 15.0 Å². The van der Waals surface area contributed by atoms with Crippen LogP contribution in [0.25, 0.3) is 0 Å². The third kappa shape index (κ3) is 2.64. The largest absolute Gasteiger partial charge is 0.485 e. The highest BCUT2D eigenvalue weighted by molar-refractivity contribution is 5.65. The zero-order chi connectivity index (χ0) is 14.2. The number of rotatable bonds is 3. The van der Waals surface area contributed by atoms with Crippen molar-refractivity contribution in [2.75, 3.05) is 25.0 Å². The topological polar surface area (TPSA) is 24.5 Å². The van der Waals surface area contributed by atoms with Crippen LogP contribution in [-0.4, -0.2) is 36.2 Å². The van der Waals surface area contributed by atoms with Gasteiger partial charge >= 0.3 is 0 Å². The van der Waals surface area contributed by atoms with Gasteiger partial charge in [-0.05, 0) is 51.7 Å². The number of benzene rings is 1. The first kappa shape index (κ1) is 13.7. The van der Waals surface area contributed by atoms with Gasteiger partial charge in [0.2, 0.25) is 0 Å². The van der Waals surface area contributed by atoms with Gasteiger partial charge in [0.25, 0.3) is 0 Å². The first-order valence-electron chi connectivity index (χ1n) is 7.86. The molecule has 3 nitrogen and oxygen atoms in total. The monoisotopic (exact) mass is 274 g/mol. The second-order valence-electron chi connectivity index (χ2n) is 6.65. The Morgan fingerprint density at radius 3 is 2.70 bits per heavy atom. The SMILES string of the molecule is CC(C)N1CCC(C)(Oc2cccc3c2NCC3)CC1. The lowest BCUT2D eigenvalue weighted by Crippen LogP contribution is -2.48. The van der Waals surface area contributed by atoms with E-state index in [0.29, 0.717) is 6.04 Å². The third-order valence-corrected chi connectivity index (χ3v) is 4.75. The van der Waals surface area contributed by atoms with Gasteiger partial charge in [0.05, 0.1) is 5.69 Å². The Balaban J connectivity index is 1.71. The molecule has 1 saturated heterocycles. The summed E-state index contributed by atoms with van der Waals surface area (Å²) in [7, 11) is 0. The van der Waals surface area contributed by atoms with Gasteiger partial charge in [0, 0.05) is 25.7 Å². The standard InChI is InChI=1S/C17H26N2O/c1-13(2)19-11-8-17(3,9-12-19)20-15-6-4-5-14-7-10-18-16(14)15/h4-6,13,18H,7-12H2,1-3H3. The van der Waals surface area contributed by atoms with Crippen LogP contribution in [0.5, 0.6) is 5.75 Å². The van der Waals surface area contributed by atoms with Gasteiger partial charge in [-0.2, -0.15) is 0 Å². The molecule has 3 rings (SSSR count). The molecule has 0 unspecified atom stereocenters. The Kier molecular flexibility index (Phi) is 3.63. The van der Waals surface area contributed by atoms with Gasteiger partial charge in [-0.25, -0.2) is 0 Å². The quantitative estimate of drug-likeness (QED) is 0.915. The fraction of sp³-hybridized carbons (Fsp3) is 0.647. The number of nitrogens with zero attached hydrogens (tertiary/aromatic N) is 1. The molecule has 0 atom stereocenters. The van der Waals surface area contributed by atoms with Crippen LogP contribution < -0.4 is 10.1 Å². The van der Waals surface area contributed by atoms with E-state index in [9.17, 15) is 0 Å². The molecule has 0 aromatic heterocycles. The number of fused-ring (bicyclic) bond motifs is 1. The summed E-state index contributed by atoms with van der Waals surface area (Å²) < 4.78 is 6.42. The molecule has 2 aliphatic rings. The molecule has 1 aromatic carbocycles. The molecule has 2 aliphatic heterocycles. The van der Waals surface area contributed by atoms with Crippen LogP contribution in [0.1, 0.15) is 39.2 Å². The first-order chi connectivity index (χ1) is 9.57. The number of ether oxygens (including phenoxy) is 1. The van der Waals surface area contributed by atoms with Crippen molar-refractivity contribution in [1.82, 2.24) is 4.90 Å². The maximum Gasteiger partial charge on any atom is 0.143 e. The Hall–Kier alpha value is -1.22. The molecular formula is C17H26N2O. The van der Waals surface area contributed by atoms with Crippen LogP contribution in [0, 0.1) is 0 Å². The minimum atomic E-state index is -0.0230. The number of para-hydroxylation sites is 1. The number of likely N-dealkylation sites (tertiary alicyclic amines) is 1. The van der Waals surface area contributed by atoms with Crippen molar-refractivity contribution in [3.05, 3.63) is 23.8 Å². The van der Waals surface area contributed by atoms with Crippen molar-refractivity contribution in [1.29, 1.82) is 0 Å². The number of hydrogen-bond donors (Lipinski definition) is 1.